The number of nitrogens with zero attached hydrogens (tertiary/aromatic N) is 3. The first kappa shape index (κ1) is 17.8. The van der Waals surface area contributed by atoms with E-state index in [1.807, 2.05) is 24.3 Å². The van der Waals surface area contributed by atoms with Crippen molar-refractivity contribution in [3.05, 3.63) is 24.3 Å². The summed E-state index contributed by atoms with van der Waals surface area (Å²) in [6.07, 6.45) is 1.07. The van der Waals surface area contributed by atoms with E-state index in [1.165, 1.54) is 11.8 Å². The normalized spacial score (nSPS) is 19.4. The number of benzene rings is 1. The molecular weight excluding hydrogens is 336 g/mol. The standard InChI is InChI=1S/C18H24N4O2S/c1-3-21(4-2)14-8-6-13(7-9-14)20-16(23)12-15-17(24)22-11-5-10-19-18(22)25-15/h6-9,15H,3-5,10-12H2,1-2H3,(H,20,23). The van der Waals surface area contributed by atoms with Gasteiger partial charge in [0.15, 0.2) is 5.17 Å². The van der Waals surface area contributed by atoms with Gasteiger partial charge in [-0.3, -0.25) is 19.5 Å². The predicted octanol–water partition coefficient (Wildman–Crippen LogP) is 2.57. The van der Waals surface area contributed by atoms with Crippen molar-refractivity contribution >= 4 is 40.1 Å². The summed E-state index contributed by atoms with van der Waals surface area (Å²) in [6.45, 7) is 7.62. The van der Waals surface area contributed by atoms with E-state index in [-0.39, 0.29) is 23.5 Å². The van der Waals surface area contributed by atoms with Gasteiger partial charge in [-0.15, -0.1) is 0 Å². The highest BCUT2D eigenvalue weighted by atomic mass is 32.2. The van der Waals surface area contributed by atoms with Crippen molar-refractivity contribution < 1.29 is 9.59 Å². The molecule has 1 aromatic rings. The van der Waals surface area contributed by atoms with Crippen molar-refractivity contribution in [2.24, 2.45) is 4.99 Å². The average molecular weight is 360 g/mol. The molecule has 2 aliphatic rings. The smallest absolute Gasteiger partial charge is 0.242 e. The van der Waals surface area contributed by atoms with Crippen LogP contribution in [0, 0.1) is 0 Å². The summed E-state index contributed by atoms with van der Waals surface area (Å²) in [7, 11) is 0. The lowest BCUT2D eigenvalue weighted by Crippen LogP contribution is -2.36. The second kappa shape index (κ2) is 7.91. The van der Waals surface area contributed by atoms with E-state index in [0.717, 1.165) is 49.1 Å². The molecule has 1 N–H and O–H groups in total. The van der Waals surface area contributed by atoms with Gasteiger partial charge in [-0.1, -0.05) is 11.8 Å². The highest BCUT2D eigenvalue weighted by molar-refractivity contribution is 8.15. The fourth-order valence-electron chi connectivity index (χ4n) is 3.10. The summed E-state index contributed by atoms with van der Waals surface area (Å²) in [4.78, 5) is 33.0. The molecule has 1 saturated heterocycles. The number of carbonyl (C=O) groups excluding carboxylic acids is 2. The van der Waals surface area contributed by atoms with Gasteiger partial charge in [-0.05, 0) is 44.5 Å². The van der Waals surface area contributed by atoms with Crippen LogP contribution >= 0.6 is 11.8 Å². The van der Waals surface area contributed by atoms with Gasteiger partial charge in [-0.2, -0.15) is 0 Å². The first-order valence-electron chi connectivity index (χ1n) is 8.79. The Morgan fingerprint density at radius 3 is 2.68 bits per heavy atom. The molecule has 0 radical (unpaired) electrons. The van der Waals surface area contributed by atoms with E-state index in [0.29, 0.717) is 0 Å². The molecule has 2 aliphatic heterocycles. The summed E-state index contributed by atoms with van der Waals surface area (Å²) in [5, 5.41) is 3.31. The fourth-order valence-corrected chi connectivity index (χ4v) is 4.29. The van der Waals surface area contributed by atoms with Gasteiger partial charge in [-0.25, -0.2) is 0 Å². The van der Waals surface area contributed by atoms with E-state index in [9.17, 15) is 9.59 Å². The molecule has 6 nitrogen and oxygen atoms in total. The molecule has 134 valence electrons. The largest absolute Gasteiger partial charge is 0.372 e. The molecule has 0 bridgehead atoms. The van der Waals surface area contributed by atoms with E-state index >= 15 is 0 Å². The SMILES string of the molecule is CCN(CC)c1ccc(NC(=O)CC2SC3=NCCCN3C2=O)cc1. The van der Waals surface area contributed by atoms with Gasteiger partial charge in [0.1, 0.15) is 5.25 Å². The molecule has 2 heterocycles. The number of carbonyl (C=O) groups is 2. The minimum absolute atomic E-state index is 0.00970. The van der Waals surface area contributed by atoms with Gasteiger partial charge in [0.2, 0.25) is 11.8 Å². The number of fused-ring (bicyclic) bond motifs is 1. The van der Waals surface area contributed by atoms with Crippen molar-refractivity contribution in [2.45, 2.75) is 31.9 Å². The first-order chi connectivity index (χ1) is 12.1. The Morgan fingerprint density at radius 2 is 2.04 bits per heavy atom. The van der Waals surface area contributed by atoms with Crippen LogP contribution in [0.25, 0.3) is 0 Å². The molecule has 1 aromatic carbocycles. The lowest BCUT2D eigenvalue weighted by atomic mass is 10.2. The van der Waals surface area contributed by atoms with Crippen molar-refractivity contribution in [1.29, 1.82) is 0 Å². The minimum Gasteiger partial charge on any atom is -0.372 e. The van der Waals surface area contributed by atoms with Crippen LogP contribution in [0.3, 0.4) is 0 Å². The van der Waals surface area contributed by atoms with Crippen LogP contribution in [-0.2, 0) is 9.59 Å². The van der Waals surface area contributed by atoms with Crippen LogP contribution in [0.15, 0.2) is 29.3 Å². The highest BCUT2D eigenvalue weighted by Gasteiger charge is 2.39. The zero-order valence-corrected chi connectivity index (χ0v) is 15.5. The number of aliphatic imine (C=N–C) groups is 1. The summed E-state index contributed by atoms with van der Waals surface area (Å²) in [5.41, 5.74) is 1.89. The third-order valence-electron chi connectivity index (χ3n) is 4.46. The molecular formula is C18H24N4O2S. The average Bonchev–Trinajstić information content (AvgIpc) is 2.93. The van der Waals surface area contributed by atoms with Crippen LogP contribution in [0.2, 0.25) is 0 Å². The second-order valence-electron chi connectivity index (χ2n) is 6.09. The van der Waals surface area contributed by atoms with E-state index < -0.39 is 0 Å². The number of amidine groups is 1. The zero-order valence-electron chi connectivity index (χ0n) is 14.7. The number of anilines is 2. The lowest BCUT2D eigenvalue weighted by Gasteiger charge is -2.21. The summed E-state index contributed by atoms with van der Waals surface area (Å²) < 4.78 is 0. The third kappa shape index (κ3) is 3.98. The second-order valence-corrected chi connectivity index (χ2v) is 7.26. The van der Waals surface area contributed by atoms with Crippen molar-refractivity contribution in [3.63, 3.8) is 0 Å². The minimum atomic E-state index is -0.355. The van der Waals surface area contributed by atoms with Crippen LogP contribution in [0.4, 0.5) is 11.4 Å². The quantitative estimate of drug-likeness (QED) is 0.847. The number of thioether (sulfide) groups is 1. The first-order valence-corrected chi connectivity index (χ1v) is 9.67. The Balaban J connectivity index is 1.57. The van der Waals surface area contributed by atoms with Crippen LogP contribution in [-0.4, -0.2) is 53.3 Å². The molecule has 7 heteroatoms. The van der Waals surface area contributed by atoms with E-state index in [4.69, 9.17) is 0 Å². The molecule has 1 fully saturated rings. The molecule has 1 unspecified atom stereocenters. The van der Waals surface area contributed by atoms with E-state index in [2.05, 4.69) is 29.1 Å². The maximum atomic E-state index is 12.4. The van der Waals surface area contributed by atoms with Crippen LogP contribution in [0.1, 0.15) is 26.7 Å². The topological polar surface area (TPSA) is 65.0 Å². The highest BCUT2D eigenvalue weighted by Crippen LogP contribution is 2.31. The van der Waals surface area contributed by atoms with Gasteiger partial charge >= 0.3 is 0 Å². The predicted molar refractivity (Wildman–Crippen MR) is 103 cm³/mol. The maximum Gasteiger partial charge on any atom is 0.242 e. The van der Waals surface area contributed by atoms with Gasteiger partial charge in [0.25, 0.3) is 0 Å². The number of hydrogen-bond donors (Lipinski definition) is 1. The van der Waals surface area contributed by atoms with Crippen molar-refractivity contribution in [3.8, 4) is 0 Å². The molecule has 0 saturated carbocycles. The molecule has 0 aliphatic carbocycles. The Morgan fingerprint density at radius 1 is 1.32 bits per heavy atom. The molecule has 3 rings (SSSR count). The molecule has 1 atom stereocenters. The van der Waals surface area contributed by atoms with Gasteiger partial charge < -0.3 is 10.2 Å². The molecule has 2 amide bonds. The number of amides is 2. The van der Waals surface area contributed by atoms with Crippen LogP contribution in [0.5, 0.6) is 0 Å². The number of rotatable bonds is 6. The van der Waals surface area contributed by atoms with Crippen molar-refractivity contribution in [2.75, 3.05) is 36.4 Å². The maximum absolute atomic E-state index is 12.4. The Labute approximate surface area is 152 Å². The lowest BCUT2D eigenvalue weighted by molar-refractivity contribution is -0.128. The Kier molecular flexibility index (Phi) is 5.63. The molecule has 25 heavy (non-hydrogen) atoms. The molecule has 0 spiro atoms. The van der Waals surface area contributed by atoms with Gasteiger partial charge in [0, 0.05) is 44.0 Å². The van der Waals surface area contributed by atoms with Crippen LogP contribution < -0.4 is 10.2 Å². The number of hydrogen-bond acceptors (Lipinski definition) is 5. The summed E-state index contributed by atoms with van der Waals surface area (Å²) >= 11 is 1.41. The monoisotopic (exact) mass is 360 g/mol. The molecule has 0 aromatic heterocycles. The Hall–Kier alpha value is -2.02. The number of nitrogens with one attached hydrogen (secondary N) is 1. The van der Waals surface area contributed by atoms with Gasteiger partial charge in [0.05, 0.1) is 0 Å². The Bertz CT molecular complexity index is 670. The fraction of sp³-hybridized carbons (Fsp3) is 0.500. The zero-order chi connectivity index (χ0) is 17.8. The summed E-state index contributed by atoms with van der Waals surface area (Å²) in [5.74, 6) is -0.127. The van der Waals surface area contributed by atoms with Crippen molar-refractivity contribution in [1.82, 2.24) is 4.90 Å². The summed E-state index contributed by atoms with van der Waals surface area (Å²) in [6, 6.07) is 7.82. The third-order valence-corrected chi connectivity index (χ3v) is 5.67. The van der Waals surface area contributed by atoms with E-state index in [1.54, 1.807) is 4.90 Å².